The number of alkyl halides is 3. The third-order valence-corrected chi connectivity index (χ3v) is 4.49. The molecule has 0 saturated carbocycles. The van der Waals surface area contributed by atoms with E-state index in [1.165, 1.54) is 12.1 Å². The Morgan fingerprint density at radius 1 is 1.32 bits per heavy atom. The lowest BCUT2D eigenvalue weighted by molar-refractivity contribution is -0.274. The Kier molecular flexibility index (Phi) is 6.48. The molecule has 1 aliphatic rings. The number of piperidine rings is 1. The highest BCUT2D eigenvalue weighted by Crippen LogP contribution is 2.25. The third-order valence-electron chi connectivity index (χ3n) is 2.97. The van der Waals surface area contributed by atoms with Crippen molar-refractivity contribution in [3.05, 3.63) is 24.3 Å². The third kappa shape index (κ3) is 5.64. The van der Waals surface area contributed by atoms with Crippen LogP contribution in [0.3, 0.4) is 0 Å². The lowest BCUT2D eigenvalue weighted by Crippen LogP contribution is -2.45. The van der Waals surface area contributed by atoms with E-state index in [-0.39, 0.29) is 23.3 Å². The summed E-state index contributed by atoms with van der Waals surface area (Å²) in [7, 11) is -3.88. The molecule has 1 aromatic carbocycles. The van der Waals surface area contributed by atoms with Crippen LogP contribution in [0, 0.1) is 0 Å². The van der Waals surface area contributed by atoms with Crippen molar-refractivity contribution >= 4 is 22.4 Å². The molecule has 5 nitrogen and oxygen atoms in total. The molecule has 2 N–H and O–H groups in total. The Bertz CT molecular complexity index is 590. The van der Waals surface area contributed by atoms with E-state index in [4.69, 9.17) is 0 Å². The zero-order chi connectivity index (χ0) is 15.5. The van der Waals surface area contributed by atoms with Gasteiger partial charge in [0.1, 0.15) is 5.75 Å². The van der Waals surface area contributed by atoms with Crippen LogP contribution in [0.15, 0.2) is 29.2 Å². The van der Waals surface area contributed by atoms with Gasteiger partial charge in [-0.05, 0) is 31.5 Å². The first-order valence-corrected chi connectivity index (χ1v) is 7.83. The normalized spacial score (nSPS) is 19.3. The standard InChI is InChI=1S/C12H15F3N2O3S.ClH/c13-12(14,15)20-10-4-1-5-11(7-10)21(18,19)17-9-3-2-6-16-8-9;/h1,4-5,7,9,16-17H,2-3,6,8H2;1H/t9-;/m0./s1. The van der Waals surface area contributed by atoms with Crippen LogP contribution < -0.4 is 14.8 Å². The second-order valence-corrected chi connectivity index (χ2v) is 6.40. The second-order valence-electron chi connectivity index (χ2n) is 4.69. The fraction of sp³-hybridized carbons (Fsp3) is 0.500. The fourth-order valence-electron chi connectivity index (χ4n) is 2.08. The molecule has 0 radical (unpaired) electrons. The molecule has 0 aromatic heterocycles. The summed E-state index contributed by atoms with van der Waals surface area (Å²) in [6.45, 7) is 1.32. The average molecular weight is 361 g/mol. The van der Waals surface area contributed by atoms with Crippen LogP contribution in [0.1, 0.15) is 12.8 Å². The molecule has 0 unspecified atom stereocenters. The summed E-state index contributed by atoms with van der Waals surface area (Å²) >= 11 is 0. The van der Waals surface area contributed by atoms with Crippen molar-refractivity contribution in [1.82, 2.24) is 10.0 Å². The molecule has 0 spiro atoms. The van der Waals surface area contributed by atoms with Crippen molar-refractivity contribution in [1.29, 1.82) is 0 Å². The van der Waals surface area contributed by atoms with Crippen molar-refractivity contribution < 1.29 is 26.3 Å². The lowest BCUT2D eigenvalue weighted by atomic mass is 10.1. The number of ether oxygens (including phenoxy) is 1. The van der Waals surface area contributed by atoms with E-state index in [9.17, 15) is 21.6 Å². The number of rotatable bonds is 4. The van der Waals surface area contributed by atoms with Crippen LogP contribution in [-0.2, 0) is 10.0 Å². The monoisotopic (exact) mass is 360 g/mol. The Labute approximate surface area is 132 Å². The Morgan fingerprint density at radius 2 is 2.05 bits per heavy atom. The van der Waals surface area contributed by atoms with E-state index >= 15 is 0 Å². The van der Waals surface area contributed by atoms with Gasteiger partial charge in [-0.1, -0.05) is 6.07 Å². The van der Waals surface area contributed by atoms with Crippen molar-refractivity contribution in [3.63, 3.8) is 0 Å². The highest BCUT2D eigenvalue weighted by molar-refractivity contribution is 7.89. The first-order valence-electron chi connectivity index (χ1n) is 6.35. The molecule has 126 valence electrons. The lowest BCUT2D eigenvalue weighted by Gasteiger charge is -2.23. The van der Waals surface area contributed by atoms with E-state index in [1.807, 2.05) is 0 Å². The van der Waals surface area contributed by atoms with E-state index in [0.717, 1.165) is 25.1 Å². The first kappa shape index (κ1) is 19.0. The Morgan fingerprint density at radius 3 is 2.64 bits per heavy atom. The van der Waals surface area contributed by atoms with Gasteiger partial charge in [-0.2, -0.15) is 0 Å². The fourth-order valence-corrected chi connectivity index (χ4v) is 3.38. The molecule has 1 fully saturated rings. The Hall–Kier alpha value is -1.03. The summed E-state index contributed by atoms with van der Waals surface area (Å²) in [5.41, 5.74) is 0. The van der Waals surface area contributed by atoms with Crippen molar-refractivity contribution in [2.45, 2.75) is 30.1 Å². The molecule has 1 aliphatic heterocycles. The Balaban J connectivity index is 0.00000242. The minimum atomic E-state index is -4.86. The van der Waals surface area contributed by atoms with Gasteiger partial charge in [0.2, 0.25) is 10.0 Å². The van der Waals surface area contributed by atoms with Crippen LogP contribution >= 0.6 is 12.4 Å². The van der Waals surface area contributed by atoms with Gasteiger partial charge < -0.3 is 10.1 Å². The van der Waals surface area contributed by atoms with E-state index in [0.29, 0.717) is 13.0 Å². The quantitative estimate of drug-likeness (QED) is 0.862. The van der Waals surface area contributed by atoms with Gasteiger partial charge in [-0.3, -0.25) is 0 Å². The molecular formula is C12H16ClF3N2O3S. The second kappa shape index (κ2) is 7.49. The highest BCUT2D eigenvalue weighted by Gasteiger charge is 2.31. The smallest absolute Gasteiger partial charge is 0.406 e. The molecule has 0 bridgehead atoms. The van der Waals surface area contributed by atoms with Crippen LogP contribution in [0.25, 0.3) is 0 Å². The van der Waals surface area contributed by atoms with Crippen LogP contribution in [0.5, 0.6) is 5.75 Å². The summed E-state index contributed by atoms with van der Waals surface area (Å²) in [4.78, 5) is -0.255. The molecule has 1 saturated heterocycles. The number of benzene rings is 1. The topological polar surface area (TPSA) is 67.4 Å². The summed E-state index contributed by atoms with van der Waals surface area (Å²) < 4.78 is 66.9. The van der Waals surface area contributed by atoms with Gasteiger partial charge in [-0.25, -0.2) is 13.1 Å². The SMILES string of the molecule is Cl.O=S(=O)(N[C@H]1CCCNC1)c1cccc(OC(F)(F)F)c1. The van der Waals surface area contributed by atoms with Gasteiger partial charge >= 0.3 is 6.36 Å². The molecule has 1 heterocycles. The predicted octanol–water partition coefficient (Wildman–Crippen LogP) is 2.04. The van der Waals surface area contributed by atoms with Crippen molar-refractivity contribution in [2.24, 2.45) is 0 Å². The van der Waals surface area contributed by atoms with Gasteiger partial charge in [0.25, 0.3) is 0 Å². The first-order chi connectivity index (χ1) is 9.76. The van der Waals surface area contributed by atoms with Crippen LogP contribution in [-0.4, -0.2) is 33.9 Å². The zero-order valence-corrected chi connectivity index (χ0v) is 13.0. The average Bonchev–Trinajstić information content (AvgIpc) is 2.37. The highest BCUT2D eigenvalue weighted by atomic mass is 35.5. The van der Waals surface area contributed by atoms with E-state index < -0.39 is 22.1 Å². The summed E-state index contributed by atoms with van der Waals surface area (Å²) in [5.74, 6) is -0.563. The minimum absolute atomic E-state index is 0. The maximum atomic E-state index is 12.1. The van der Waals surface area contributed by atoms with Gasteiger partial charge in [0, 0.05) is 18.7 Å². The number of nitrogens with one attached hydrogen (secondary N) is 2. The largest absolute Gasteiger partial charge is 0.573 e. The molecule has 1 aromatic rings. The molecule has 2 rings (SSSR count). The summed E-state index contributed by atoms with van der Waals surface area (Å²) in [5, 5.41) is 3.05. The van der Waals surface area contributed by atoms with E-state index in [2.05, 4.69) is 14.8 Å². The predicted molar refractivity (Wildman–Crippen MR) is 76.6 cm³/mol. The molecule has 22 heavy (non-hydrogen) atoms. The van der Waals surface area contributed by atoms with Gasteiger partial charge in [-0.15, -0.1) is 25.6 Å². The summed E-state index contributed by atoms with van der Waals surface area (Å²) in [6, 6.07) is 4.06. The number of halogens is 4. The molecule has 1 atom stereocenters. The number of hydrogen-bond acceptors (Lipinski definition) is 4. The molecular weight excluding hydrogens is 345 g/mol. The zero-order valence-electron chi connectivity index (χ0n) is 11.4. The van der Waals surface area contributed by atoms with Gasteiger partial charge in [0.15, 0.2) is 0 Å². The maximum Gasteiger partial charge on any atom is 0.573 e. The van der Waals surface area contributed by atoms with Gasteiger partial charge in [0.05, 0.1) is 4.90 Å². The number of sulfonamides is 1. The maximum absolute atomic E-state index is 12.1. The minimum Gasteiger partial charge on any atom is -0.406 e. The van der Waals surface area contributed by atoms with Crippen LogP contribution in [0.2, 0.25) is 0 Å². The molecule has 0 amide bonds. The van der Waals surface area contributed by atoms with E-state index in [1.54, 1.807) is 0 Å². The van der Waals surface area contributed by atoms with Crippen molar-refractivity contribution in [2.75, 3.05) is 13.1 Å². The number of hydrogen-bond donors (Lipinski definition) is 2. The van der Waals surface area contributed by atoms with Crippen molar-refractivity contribution in [3.8, 4) is 5.75 Å². The van der Waals surface area contributed by atoms with Crippen LogP contribution in [0.4, 0.5) is 13.2 Å². The summed E-state index contributed by atoms with van der Waals surface area (Å²) in [6.07, 6.45) is -3.33. The molecule has 0 aliphatic carbocycles. The molecule has 10 heteroatoms.